The highest BCUT2D eigenvalue weighted by Gasteiger charge is 2.52. The number of hydrogen-bond acceptors (Lipinski definition) is 5. The fourth-order valence-corrected chi connectivity index (χ4v) is 3.44. The van der Waals surface area contributed by atoms with Crippen LogP contribution in [0.15, 0.2) is 54.0 Å². The average Bonchev–Trinajstić information content (AvgIpc) is 2.98. The highest BCUT2D eigenvalue weighted by molar-refractivity contribution is 6.56. The number of Topliss-reactive ketones (excluding diaryl/α,β-unsaturated/α-hetero) is 1. The van der Waals surface area contributed by atoms with Gasteiger partial charge >= 0.3 is 13.2 Å². The first-order valence-electron chi connectivity index (χ1n) is 10.8. The Balaban J connectivity index is 1.78. The zero-order valence-corrected chi connectivity index (χ0v) is 20.4. The van der Waals surface area contributed by atoms with Gasteiger partial charge in [-0.1, -0.05) is 60.1 Å². The molecule has 1 amide bonds. The van der Waals surface area contributed by atoms with Crippen LogP contribution in [0.2, 0.25) is 5.02 Å². The molecule has 8 heteroatoms. The molecule has 0 bridgehead atoms. The summed E-state index contributed by atoms with van der Waals surface area (Å²) >= 11 is 6.43. The molecule has 3 rings (SSSR count). The summed E-state index contributed by atoms with van der Waals surface area (Å²) in [6.07, 6.45) is 1.26. The van der Waals surface area contributed by atoms with E-state index in [4.69, 9.17) is 25.6 Å². The van der Waals surface area contributed by atoms with Crippen molar-refractivity contribution in [3.63, 3.8) is 0 Å². The molecule has 1 aliphatic rings. The van der Waals surface area contributed by atoms with Crippen molar-refractivity contribution in [2.45, 2.75) is 52.4 Å². The van der Waals surface area contributed by atoms with Gasteiger partial charge in [0, 0.05) is 17.1 Å². The molecule has 1 aliphatic heterocycles. The lowest BCUT2D eigenvalue weighted by Gasteiger charge is -2.32. The first-order valence-corrected chi connectivity index (χ1v) is 11.2. The van der Waals surface area contributed by atoms with Crippen LogP contribution in [0.5, 0.6) is 0 Å². The van der Waals surface area contributed by atoms with E-state index in [1.807, 2.05) is 64.1 Å². The number of alkyl carbamates (subject to hydrolysis) is 1. The number of nitrogens with one attached hydrogen (secondary N) is 1. The molecule has 0 spiro atoms. The Labute approximate surface area is 200 Å². The van der Waals surface area contributed by atoms with E-state index >= 15 is 0 Å². The number of carbonyl (C=O) groups excluding carboxylic acids is 2. The molecule has 0 radical (unpaired) electrons. The average molecular weight is 470 g/mol. The second-order valence-electron chi connectivity index (χ2n) is 9.02. The molecule has 33 heavy (non-hydrogen) atoms. The molecule has 0 unspecified atom stereocenters. The van der Waals surface area contributed by atoms with Crippen molar-refractivity contribution in [2.24, 2.45) is 0 Å². The molecule has 2 aromatic carbocycles. The van der Waals surface area contributed by atoms with Crippen molar-refractivity contribution in [2.75, 3.05) is 6.54 Å². The summed E-state index contributed by atoms with van der Waals surface area (Å²) in [6.45, 7) is 9.63. The standard InChI is InChI=1S/C25H29BClNO5/c1-17(29)19-11-12-20(22(27)14-19)13-21(26-32-24(2,3)25(4,5)33-26)15-28-23(30)31-16-18-9-7-6-8-10-18/h6-14H,15-16H2,1-5H3,(H,28,30). The quantitative estimate of drug-likeness (QED) is 0.429. The van der Waals surface area contributed by atoms with Crippen LogP contribution in [0, 0.1) is 0 Å². The van der Waals surface area contributed by atoms with Crippen molar-refractivity contribution >= 4 is 36.7 Å². The lowest BCUT2D eigenvalue weighted by atomic mass is 9.77. The summed E-state index contributed by atoms with van der Waals surface area (Å²) < 4.78 is 17.7. The molecule has 174 valence electrons. The monoisotopic (exact) mass is 469 g/mol. The van der Waals surface area contributed by atoms with Crippen LogP contribution in [0.4, 0.5) is 4.79 Å². The summed E-state index contributed by atoms with van der Waals surface area (Å²) in [5.41, 5.74) is 1.68. The van der Waals surface area contributed by atoms with E-state index < -0.39 is 24.4 Å². The highest BCUT2D eigenvalue weighted by Crippen LogP contribution is 2.39. The maximum atomic E-state index is 12.3. The van der Waals surface area contributed by atoms with Crippen molar-refractivity contribution in [3.8, 4) is 0 Å². The first-order chi connectivity index (χ1) is 15.5. The predicted octanol–water partition coefficient (Wildman–Crippen LogP) is 5.48. The van der Waals surface area contributed by atoms with Crippen LogP contribution >= 0.6 is 11.6 Å². The molecule has 2 aromatic rings. The molecule has 0 aliphatic carbocycles. The zero-order chi connectivity index (χ0) is 24.2. The number of hydrogen-bond donors (Lipinski definition) is 1. The topological polar surface area (TPSA) is 73.9 Å². The summed E-state index contributed by atoms with van der Waals surface area (Å²) in [6, 6.07) is 14.5. The van der Waals surface area contributed by atoms with E-state index in [2.05, 4.69) is 5.32 Å². The lowest BCUT2D eigenvalue weighted by molar-refractivity contribution is 0.00578. The van der Waals surface area contributed by atoms with E-state index in [1.165, 1.54) is 6.92 Å². The van der Waals surface area contributed by atoms with E-state index in [9.17, 15) is 9.59 Å². The van der Waals surface area contributed by atoms with Gasteiger partial charge in [0.1, 0.15) is 6.61 Å². The largest absolute Gasteiger partial charge is 0.492 e. The van der Waals surface area contributed by atoms with Gasteiger partial charge in [-0.25, -0.2) is 4.79 Å². The highest BCUT2D eigenvalue weighted by atomic mass is 35.5. The summed E-state index contributed by atoms with van der Waals surface area (Å²) in [5.74, 6) is -0.0681. The SMILES string of the molecule is CC(=O)c1ccc(C=C(CNC(=O)OCc2ccccc2)B2OC(C)(C)C(C)(C)O2)c(Cl)c1. The van der Waals surface area contributed by atoms with Gasteiger partial charge in [-0.15, -0.1) is 0 Å². The van der Waals surface area contributed by atoms with Crippen LogP contribution in [-0.4, -0.2) is 36.7 Å². The molecular formula is C25H29BClNO5. The third kappa shape index (κ3) is 6.25. The fourth-order valence-electron chi connectivity index (χ4n) is 3.21. The van der Waals surface area contributed by atoms with Gasteiger partial charge in [0.2, 0.25) is 0 Å². The smallest absolute Gasteiger partial charge is 0.445 e. The zero-order valence-electron chi connectivity index (χ0n) is 19.6. The fraction of sp³-hybridized carbons (Fsp3) is 0.360. The molecule has 0 saturated carbocycles. The number of halogens is 1. The van der Waals surface area contributed by atoms with Gasteiger partial charge in [0.25, 0.3) is 0 Å². The van der Waals surface area contributed by atoms with Crippen molar-refractivity contribution in [3.05, 3.63) is 75.7 Å². The Bertz CT molecular complexity index is 1040. The van der Waals surface area contributed by atoms with Gasteiger partial charge in [-0.2, -0.15) is 0 Å². The second-order valence-corrected chi connectivity index (χ2v) is 9.42. The minimum absolute atomic E-state index is 0.0681. The van der Waals surface area contributed by atoms with E-state index in [0.717, 1.165) is 5.56 Å². The lowest BCUT2D eigenvalue weighted by Crippen LogP contribution is -2.41. The van der Waals surface area contributed by atoms with Crippen molar-refractivity contribution < 1.29 is 23.6 Å². The van der Waals surface area contributed by atoms with Gasteiger partial charge in [-0.05, 0) is 57.3 Å². The van der Waals surface area contributed by atoms with Crippen LogP contribution in [0.25, 0.3) is 6.08 Å². The molecule has 6 nitrogen and oxygen atoms in total. The van der Waals surface area contributed by atoms with E-state index in [1.54, 1.807) is 18.2 Å². The van der Waals surface area contributed by atoms with Crippen LogP contribution in [0.3, 0.4) is 0 Å². The molecule has 1 N–H and O–H groups in total. The number of ether oxygens (including phenoxy) is 1. The van der Waals surface area contributed by atoms with Gasteiger partial charge < -0.3 is 19.4 Å². The summed E-state index contributed by atoms with van der Waals surface area (Å²) in [4.78, 5) is 24.0. The molecule has 1 heterocycles. The molecule has 1 saturated heterocycles. The van der Waals surface area contributed by atoms with Gasteiger partial charge in [0.05, 0.1) is 11.2 Å². The van der Waals surface area contributed by atoms with Crippen LogP contribution < -0.4 is 5.32 Å². The minimum atomic E-state index is -0.687. The van der Waals surface area contributed by atoms with Crippen LogP contribution in [0.1, 0.15) is 56.1 Å². The number of amides is 1. The first kappa shape index (κ1) is 25.0. The maximum Gasteiger partial charge on any atom is 0.492 e. The Hall–Kier alpha value is -2.61. The third-order valence-electron chi connectivity index (χ3n) is 5.95. The van der Waals surface area contributed by atoms with Gasteiger partial charge in [0.15, 0.2) is 5.78 Å². The summed E-state index contributed by atoms with van der Waals surface area (Å²) in [5, 5.41) is 3.19. The third-order valence-corrected chi connectivity index (χ3v) is 6.28. The minimum Gasteiger partial charge on any atom is -0.445 e. The maximum absolute atomic E-state index is 12.3. The Kier molecular flexibility index (Phi) is 7.67. The number of benzene rings is 2. The Morgan fingerprint density at radius 2 is 1.70 bits per heavy atom. The Morgan fingerprint density at radius 1 is 1.06 bits per heavy atom. The summed E-state index contributed by atoms with van der Waals surface area (Å²) in [7, 11) is -0.687. The molecule has 1 fully saturated rings. The van der Waals surface area contributed by atoms with Crippen LogP contribution in [-0.2, 0) is 20.7 Å². The van der Waals surface area contributed by atoms with Crippen molar-refractivity contribution in [1.82, 2.24) is 5.32 Å². The number of ketones is 1. The number of rotatable bonds is 7. The van der Waals surface area contributed by atoms with E-state index in [0.29, 0.717) is 21.6 Å². The second kappa shape index (κ2) is 10.1. The molecular weight excluding hydrogens is 441 g/mol. The van der Waals surface area contributed by atoms with Gasteiger partial charge in [-0.3, -0.25) is 4.79 Å². The molecule has 0 atom stereocenters. The predicted molar refractivity (Wildman–Crippen MR) is 130 cm³/mol. The molecule has 0 aromatic heterocycles. The number of carbonyl (C=O) groups is 2. The Morgan fingerprint density at radius 3 is 2.27 bits per heavy atom. The van der Waals surface area contributed by atoms with Crippen molar-refractivity contribution in [1.29, 1.82) is 0 Å². The van der Waals surface area contributed by atoms with E-state index in [-0.39, 0.29) is 18.9 Å². The normalized spacial score (nSPS) is 17.0.